The second-order valence-corrected chi connectivity index (χ2v) is 9.64. The van der Waals surface area contributed by atoms with Crippen molar-refractivity contribution in [1.82, 2.24) is 19.6 Å². The minimum atomic E-state index is -3.86. The number of ether oxygens (including phenoxy) is 1. The molecule has 0 aliphatic rings. The fourth-order valence-corrected chi connectivity index (χ4v) is 4.63. The largest absolute Gasteiger partial charge is 0.494 e. The van der Waals surface area contributed by atoms with Crippen LogP contribution in [-0.2, 0) is 16.4 Å². The van der Waals surface area contributed by atoms with E-state index in [1.807, 2.05) is 35.6 Å². The molecular formula is C22H25N5O3S. The van der Waals surface area contributed by atoms with Crippen molar-refractivity contribution in [3.8, 4) is 5.75 Å². The first-order valence-corrected chi connectivity index (χ1v) is 11.6. The third-order valence-electron chi connectivity index (χ3n) is 4.96. The molecule has 0 amide bonds. The highest BCUT2D eigenvalue weighted by molar-refractivity contribution is 7.92. The molecule has 8 nitrogen and oxygen atoms in total. The third-order valence-corrected chi connectivity index (χ3v) is 6.72. The van der Waals surface area contributed by atoms with Gasteiger partial charge in [0.05, 0.1) is 22.5 Å². The van der Waals surface area contributed by atoms with Crippen molar-refractivity contribution in [3.63, 3.8) is 0 Å². The van der Waals surface area contributed by atoms with Gasteiger partial charge in [0.1, 0.15) is 11.6 Å². The molecule has 0 bridgehead atoms. The lowest BCUT2D eigenvalue weighted by atomic mass is 10.1. The van der Waals surface area contributed by atoms with E-state index in [0.717, 1.165) is 15.6 Å². The highest BCUT2D eigenvalue weighted by Gasteiger charge is 2.27. The van der Waals surface area contributed by atoms with Gasteiger partial charge in [-0.3, -0.25) is 4.40 Å². The van der Waals surface area contributed by atoms with E-state index in [4.69, 9.17) is 4.74 Å². The molecule has 31 heavy (non-hydrogen) atoms. The van der Waals surface area contributed by atoms with Crippen LogP contribution in [0.1, 0.15) is 26.6 Å². The summed E-state index contributed by atoms with van der Waals surface area (Å²) in [6.07, 6.45) is 0.712. The number of nitrogens with zero attached hydrogens (tertiary/aromatic N) is 5. The van der Waals surface area contributed by atoms with Crippen LogP contribution in [0, 0.1) is 5.92 Å². The predicted octanol–water partition coefficient (Wildman–Crippen LogP) is 3.70. The molecule has 4 rings (SSSR count). The molecule has 0 saturated carbocycles. The summed E-state index contributed by atoms with van der Waals surface area (Å²) in [5, 5.41) is 8.66. The number of aromatic nitrogens is 4. The summed E-state index contributed by atoms with van der Waals surface area (Å²) < 4.78 is 35.2. The first kappa shape index (κ1) is 21.0. The molecule has 2 aromatic carbocycles. The Labute approximate surface area is 181 Å². The Morgan fingerprint density at radius 2 is 1.77 bits per heavy atom. The second-order valence-electron chi connectivity index (χ2n) is 7.67. The normalized spacial score (nSPS) is 12.0. The number of hydrogen-bond acceptors (Lipinski definition) is 6. The van der Waals surface area contributed by atoms with E-state index < -0.39 is 10.0 Å². The Kier molecular flexibility index (Phi) is 5.53. The maximum atomic E-state index is 13.4. The first-order chi connectivity index (χ1) is 14.8. The van der Waals surface area contributed by atoms with Gasteiger partial charge >= 0.3 is 0 Å². The van der Waals surface area contributed by atoms with E-state index in [0.29, 0.717) is 35.9 Å². The highest BCUT2D eigenvalue weighted by atomic mass is 32.2. The molecule has 9 heteroatoms. The van der Waals surface area contributed by atoms with Gasteiger partial charge in [-0.15, -0.1) is 10.2 Å². The standard InChI is InChI=1S/C22H25N5O3S/c1-5-30-16-10-12-17(13-11-16)31(28,29)26(4)21-22-25-24-20(14-15(2)3)27(22)19-9-7-6-8-18(19)23-21/h6-13,15H,5,14H2,1-4H3. The minimum Gasteiger partial charge on any atom is -0.494 e. The van der Waals surface area contributed by atoms with Gasteiger partial charge in [0.2, 0.25) is 5.65 Å². The summed E-state index contributed by atoms with van der Waals surface area (Å²) in [5.74, 6) is 1.99. The fourth-order valence-electron chi connectivity index (χ4n) is 3.48. The van der Waals surface area contributed by atoms with E-state index in [2.05, 4.69) is 29.0 Å². The van der Waals surface area contributed by atoms with Gasteiger partial charge in [-0.05, 0) is 49.2 Å². The summed E-state index contributed by atoms with van der Waals surface area (Å²) in [6.45, 7) is 6.60. The SMILES string of the molecule is CCOc1ccc(S(=O)(=O)N(C)c2nc3ccccc3n3c(CC(C)C)nnc23)cc1. The monoisotopic (exact) mass is 439 g/mol. The maximum absolute atomic E-state index is 13.4. The molecule has 0 unspecified atom stereocenters. The summed E-state index contributed by atoms with van der Waals surface area (Å²) in [5.41, 5.74) is 1.92. The molecule has 2 heterocycles. The van der Waals surface area contributed by atoms with Gasteiger partial charge in [-0.25, -0.2) is 17.7 Å². The van der Waals surface area contributed by atoms with Crippen LogP contribution < -0.4 is 9.04 Å². The van der Waals surface area contributed by atoms with Crippen LogP contribution in [-0.4, -0.2) is 41.7 Å². The number of sulfonamides is 1. The van der Waals surface area contributed by atoms with Crippen molar-refractivity contribution in [2.24, 2.45) is 5.92 Å². The smallest absolute Gasteiger partial charge is 0.265 e. The molecule has 0 atom stereocenters. The second kappa shape index (κ2) is 8.14. The topological polar surface area (TPSA) is 89.7 Å². The lowest BCUT2D eigenvalue weighted by molar-refractivity contribution is 0.340. The Morgan fingerprint density at radius 1 is 1.06 bits per heavy atom. The minimum absolute atomic E-state index is 0.147. The van der Waals surface area contributed by atoms with E-state index >= 15 is 0 Å². The van der Waals surface area contributed by atoms with Crippen molar-refractivity contribution in [2.45, 2.75) is 32.1 Å². The number of rotatable bonds is 7. The summed E-state index contributed by atoms with van der Waals surface area (Å²) in [4.78, 5) is 4.78. The van der Waals surface area contributed by atoms with Gasteiger partial charge in [0, 0.05) is 13.5 Å². The molecule has 2 aromatic heterocycles. The van der Waals surface area contributed by atoms with Crippen molar-refractivity contribution < 1.29 is 13.2 Å². The van der Waals surface area contributed by atoms with E-state index in [1.165, 1.54) is 19.2 Å². The summed E-state index contributed by atoms with van der Waals surface area (Å²) in [7, 11) is -2.38. The van der Waals surface area contributed by atoms with E-state index in [9.17, 15) is 8.42 Å². The maximum Gasteiger partial charge on any atom is 0.265 e. The van der Waals surface area contributed by atoms with Crippen LogP contribution >= 0.6 is 0 Å². The van der Waals surface area contributed by atoms with Gasteiger partial charge in [-0.2, -0.15) is 0 Å². The lowest BCUT2D eigenvalue weighted by Gasteiger charge is -2.20. The zero-order chi connectivity index (χ0) is 22.2. The number of benzene rings is 2. The molecule has 0 fully saturated rings. The number of para-hydroxylation sites is 2. The van der Waals surface area contributed by atoms with Gasteiger partial charge in [0.15, 0.2) is 5.82 Å². The Hall–Kier alpha value is -3.20. The summed E-state index contributed by atoms with van der Waals surface area (Å²) >= 11 is 0. The van der Waals surface area contributed by atoms with Crippen LogP contribution in [0.25, 0.3) is 16.7 Å². The zero-order valence-corrected chi connectivity index (χ0v) is 18.8. The quantitative estimate of drug-likeness (QED) is 0.436. The van der Waals surface area contributed by atoms with Crippen molar-refractivity contribution in [3.05, 3.63) is 54.4 Å². The van der Waals surface area contributed by atoms with Crippen molar-refractivity contribution in [2.75, 3.05) is 18.0 Å². The van der Waals surface area contributed by atoms with Crippen LogP contribution in [0.2, 0.25) is 0 Å². The van der Waals surface area contributed by atoms with E-state index in [1.54, 1.807) is 12.1 Å². The number of anilines is 1. The molecule has 162 valence electrons. The highest BCUT2D eigenvalue weighted by Crippen LogP contribution is 2.29. The fraction of sp³-hybridized carbons (Fsp3) is 0.318. The van der Waals surface area contributed by atoms with Crippen LogP contribution in [0.4, 0.5) is 5.82 Å². The van der Waals surface area contributed by atoms with Crippen molar-refractivity contribution in [1.29, 1.82) is 0 Å². The average molecular weight is 440 g/mol. The Morgan fingerprint density at radius 3 is 2.45 bits per heavy atom. The molecule has 0 saturated heterocycles. The van der Waals surface area contributed by atoms with Crippen molar-refractivity contribution >= 4 is 32.5 Å². The lowest BCUT2D eigenvalue weighted by Crippen LogP contribution is -2.28. The number of fused-ring (bicyclic) bond motifs is 3. The Balaban J connectivity index is 1.87. The van der Waals surface area contributed by atoms with Crippen LogP contribution in [0.15, 0.2) is 53.4 Å². The number of hydrogen-bond donors (Lipinski definition) is 0. The molecule has 0 N–H and O–H groups in total. The zero-order valence-electron chi connectivity index (χ0n) is 18.0. The van der Waals surface area contributed by atoms with Crippen LogP contribution in [0.3, 0.4) is 0 Å². The van der Waals surface area contributed by atoms with E-state index in [-0.39, 0.29) is 10.7 Å². The molecule has 0 radical (unpaired) electrons. The molecule has 0 aliphatic carbocycles. The molecule has 0 spiro atoms. The Bertz CT molecular complexity index is 1330. The molecular weight excluding hydrogens is 414 g/mol. The third kappa shape index (κ3) is 3.81. The average Bonchev–Trinajstić information content (AvgIpc) is 3.16. The van der Waals surface area contributed by atoms with Gasteiger partial charge in [-0.1, -0.05) is 26.0 Å². The molecule has 4 aromatic rings. The molecule has 0 aliphatic heterocycles. The predicted molar refractivity (Wildman–Crippen MR) is 120 cm³/mol. The van der Waals surface area contributed by atoms with Gasteiger partial charge < -0.3 is 4.74 Å². The van der Waals surface area contributed by atoms with Crippen LogP contribution in [0.5, 0.6) is 5.75 Å². The first-order valence-electron chi connectivity index (χ1n) is 10.2. The summed E-state index contributed by atoms with van der Waals surface area (Å²) in [6, 6.07) is 13.9. The van der Waals surface area contributed by atoms with Gasteiger partial charge in [0.25, 0.3) is 10.0 Å².